The van der Waals surface area contributed by atoms with Gasteiger partial charge in [-0.3, -0.25) is 14.5 Å². The number of alkyl halides is 2. The van der Waals surface area contributed by atoms with Crippen molar-refractivity contribution >= 4 is 18.9 Å². The molecule has 9 nitrogen and oxygen atoms in total. The van der Waals surface area contributed by atoms with Gasteiger partial charge in [0.1, 0.15) is 11.6 Å². The first kappa shape index (κ1) is 28.7. The van der Waals surface area contributed by atoms with Crippen LogP contribution in [-0.2, 0) is 14.3 Å². The second-order valence-corrected chi connectivity index (χ2v) is 10.0. The van der Waals surface area contributed by atoms with Crippen molar-refractivity contribution < 1.29 is 33.2 Å². The molecule has 2 atom stereocenters. The molecule has 0 bridgehead atoms. The van der Waals surface area contributed by atoms with Crippen LogP contribution in [0.4, 0.5) is 8.78 Å². The van der Waals surface area contributed by atoms with Crippen LogP contribution in [-0.4, -0.2) is 89.1 Å². The number of carbonyl (C=O) groups is 2. The highest BCUT2D eigenvalue weighted by Crippen LogP contribution is 2.33. The molecule has 200 valence electrons. The smallest absolute Gasteiger partial charge is 0.427 e. The van der Waals surface area contributed by atoms with Gasteiger partial charge in [-0.2, -0.15) is 5.26 Å². The summed E-state index contributed by atoms with van der Waals surface area (Å²) in [4.78, 5) is 28.8. The van der Waals surface area contributed by atoms with Crippen LogP contribution in [0.2, 0.25) is 6.32 Å². The Kier molecular flexibility index (Phi) is 9.42. The van der Waals surface area contributed by atoms with Crippen LogP contribution in [0.3, 0.4) is 0 Å². The summed E-state index contributed by atoms with van der Waals surface area (Å²) in [6.45, 7) is 3.58. The molecule has 2 fully saturated rings. The zero-order valence-corrected chi connectivity index (χ0v) is 21.1. The number of benzene rings is 1. The Morgan fingerprint density at radius 1 is 1.32 bits per heavy atom. The first-order chi connectivity index (χ1) is 17.4. The minimum absolute atomic E-state index is 0.0748. The van der Waals surface area contributed by atoms with Gasteiger partial charge >= 0.3 is 7.12 Å². The number of morpholine rings is 1. The van der Waals surface area contributed by atoms with Crippen molar-refractivity contribution in [3.8, 4) is 6.07 Å². The fourth-order valence-corrected chi connectivity index (χ4v) is 4.65. The van der Waals surface area contributed by atoms with Gasteiger partial charge in [0.2, 0.25) is 5.91 Å². The molecule has 0 radical (unpaired) electrons. The van der Waals surface area contributed by atoms with Crippen molar-refractivity contribution in [1.29, 1.82) is 5.26 Å². The van der Waals surface area contributed by atoms with Gasteiger partial charge in [-0.05, 0) is 25.5 Å². The molecule has 0 aliphatic carbocycles. The first-order valence-electron chi connectivity index (χ1n) is 12.3. The van der Waals surface area contributed by atoms with Crippen molar-refractivity contribution in [2.24, 2.45) is 0 Å². The van der Waals surface area contributed by atoms with E-state index < -0.39 is 43.2 Å². The van der Waals surface area contributed by atoms with Gasteiger partial charge in [-0.1, -0.05) is 30.3 Å². The summed E-state index contributed by atoms with van der Waals surface area (Å²) >= 11 is 0. The molecule has 0 spiro atoms. The number of amides is 2. The average molecular weight is 518 g/mol. The average Bonchev–Trinajstić information content (AvgIpc) is 3.22. The van der Waals surface area contributed by atoms with E-state index in [-0.39, 0.29) is 56.9 Å². The Labute approximate surface area is 215 Å². The van der Waals surface area contributed by atoms with Crippen LogP contribution in [0.1, 0.15) is 38.3 Å². The Hall–Kier alpha value is -2.85. The maximum atomic E-state index is 13.7. The van der Waals surface area contributed by atoms with Gasteiger partial charge in [0.15, 0.2) is 0 Å². The molecule has 3 rings (SSSR count). The molecule has 2 heterocycles. The van der Waals surface area contributed by atoms with E-state index in [2.05, 4.69) is 5.32 Å². The van der Waals surface area contributed by atoms with Crippen LogP contribution in [0.5, 0.6) is 0 Å². The third-order valence-electron chi connectivity index (χ3n) is 6.66. The molecular formula is C25H33BF2N4O5. The van der Waals surface area contributed by atoms with Crippen LogP contribution < -0.4 is 5.32 Å². The summed E-state index contributed by atoms with van der Waals surface area (Å²) in [6, 6.07) is 10.2. The van der Waals surface area contributed by atoms with Crippen LogP contribution >= 0.6 is 0 Å². The number of ether oxygens (including phenoxy) is 1. The molecule has 0 aromatic heterocycles. The van der Waals surface area contributed by atoms with E-state index in [1.54, 1.807) is 43.0 Å². The van der Waals surface area contributed by atoms with Crippen molar-refractivity contribution in [2.45, 2.75) is 56.6 Å². The van der Waals surface area contributed by atoms with Crippen molar-refractivity contribution in [3.05, 3.63) is 47.5 Å². The monoisotopic (exact) mass is 518 g/mol. The van der Waals surface area contributed by atoms with E-state index in [4.69, 9.17) is 4.74 Å². The molecule has 0 saturated carbocycles. The Morgan fingerprint density at radius 3 is 2.62 bits per heavy atom. The Bertz CT molecular complexity index is 1030. The molecule has 3 N–H and O–H groups in total. The summed E-state index contributed by atoms with van der Waals surface area (Å²) in [6.07, 6.45) is 0.363. The topological polar surface area (TPSA) is 126 Å². The van der Waals surface area contributed by atoms with E-state index in [9.17, 15) is 33.7 Å². The fourth-order valence-electron chi connectivity index (χ4n) is 4.65. The zero-order valence-electron chi connectivity index (χ0n) is 21.1. The first-order valence-corrected chi connectivity index (χ1v) is 12.3. The van der Waals surface area contributed by atoms with Crippen LogP contribution in [0, 0.1) is 11.3 Å². The molecule has 12 heteroatoms. The third kappa shape index (κ3) is 8.07. The Morgan fingerprint density at radius 2 is 2.03 bits per heavy atom. The molecule has 2 aliphatic heterocycles. The minimum atomic E-state index is -2.80. The molecule has 1 aromatic rings. The van der Waals surface area contributed by atoms with Gasteiger partial charge in [0.05, 0.1) is 31.7 Å². The number of nitrogens with one attached hydrogen (secondary N) is 1. The fraction of sp³-hybridized carbons (Fsp3) is 0.560. The number of likely N-dealkylation sites (tertiary alicyclic amines) is 1. The minimum Gasteiger partial charge on any atom is -0.427 e. The number of carbonyl (C=O) groups excluding carboxylic acids is 2. The van der Waals surface area contributed by atoms with Crippen LogP contribution in [0.15, 0.2) is 42.0 Å². The quantitative estimate of drug-likeness (QED) is 0.257. The number of halogens is 2. The van der Waals surface area contributed by atoms with E-state index in [0.717, 1.165) is 0 Å². The lowest BCUT2D eigenvalue weighted by molar-refractivity contribution is -0.138. The molecule has 1 aromatic carbocycles. The lowest BCUT2D eigenvalue weighted by Crippen LogP contribution is -2.48. The van der Waals surface area contributed by atoms with Crippen molar-refractivity contribution in [1.82, 2.24) is 15.1 Å². The van der Waals surface area contributed by atoms with Gasteiger partial charge < -0.3 is 25.0 Å². The predicted octanol–water partition coefficient (Wildman–Crippen LogP) is 1.50. The standard InChI is InChI=1S/C25H33BF2N4O5/c1-24(2,32-9-8-25(27,28)17-32)13-19(15-29)23(34)31-10-11-37-20(16-31)12-22(33)30-21(14-26(35)36)18-6-4-3-5-7-18/h3-7,13,20-21,35-36H,8-12,14,16-17H2,1-2H3,(H,30,33)/t20-,21-/m1/s1. The Balaban J connectivity index is 1.62. The summed E-state index contributed by atoms with van der Waals surface area (Å²) < 4.78 is 33.1. The number of hydrogen-bond acceptors (Lipinski definition) is 7. The highest BCUT2D eigenvalue weighted by Gasteiger charge is 2.43. The SMILES string of the molecule is CC(C)(C=C(C#N)C(=O)N1CCO[C@H](CC(=O)N[C@H](CB(O)O)c2ccccc2)C1)N1CCC(F)(F)C1. The van der Waals surface area contributed by atoms with Gasteiger partial charge in [0.25, 0.3) is 11.8 Å². The normalized spacial score (nSPS) is 21.3. The molecule has 2 aliphatic rings. The summed E-state index contributed by atoms with van der Waals surface area (Å²) in [5.74, 6) is -3.73. The van der Waals surface area contributed by atoms with Gasteiger partial charge in [-0.15, -0.1) is 0 Å². The second kappa shape index (κ2) is 12.1. The second-order valence-electron chi connectivity index (χ2n) is 10.0. The highest BCUT2D eigenvalue weighted by molar-refractivity contribution is 6.41. The molecule has 2 saturated heterocycles. The van der Waals surface area contributed by atoms with E-state index >= 15 is 0 Å². The van der Waals surface area contributed by atoms with E-state index in [1.807, 2.05) is 12.1 Å². The summed E-state index contributed by atoms with van der Waals surface area (Å²) in [7, 11) is -1.61. The molecular weight excluding hydrogens is 485 g/mol. The number of nitrogens with zero attached hydrogens (tertiary/aromatic N) is 3. The molecule has 0 unspecified atom stereocenters. The zero-order chi connectivity index (χ0) is 27.2. The lowest BCUT2D eigenvalue weighted by Gasteiger charge is -2.35. The van der Waals surface area contributed by atoms with Gasteiger partial charge in [0, 0.05) is 37.9 Å². The van der Waals surface area contributed by atoms with E-state index in [1.165, 1.54) is 11.0 Å². The third-order valence-corrected chi connectivity index (χ3v) is 6.66. The van der Waals surface area contributed by atoms with E-state index in [0.29, 0.717) is 5.56 Å². The molecule has 37 heavy (non-hydrogen) atoms. The highest BCUT2D eigenvalue weighted by atomic mass is 19.3. The van der Waals surface area contributed by atoms with Gasteiger partial charge in [-0.25, -0.2) is 8.78 Å². The van der Waals surface area contributed by atoms with Crippen molar-refractivity contribution in [3.63, 3.8) is 0 Å². The number of nitriles is 1. The summed E-state index contributed by atoms with van der Waals surface area (Å²) in [5.41, 5.74) is -0.352. The summed E-state index contributed by atoms with van der Waals surface area (Å²) in [5, 5.41) is 31.3. The van der Waals surface area contributed by atoms with Crippen molar-refractivity contribution in [2.75, 3.05) is 32.8 Å². The number of rotatable bonds is 9. The van der Waals surface area contributed by atoms with Crippen LogP contribution in [0.25, 0.3) is 0 Å². The predicted molar refractivity (Wildman–Crippen MR) is 132 cm³/mol. The number of hydrogen-bond donors (Lipinski definition) is 3. The lowest BCUT2D eigenvalue weighted by atomic mass is 9.79. The maximum Gasteiger partial charge on any atom is 0.453 e. The molecule has 2 amide bonds. The largest absolute Gasteiger partial charge is 0.453 e. The maximum absolute atomic E-state index is 13.7.